The van der Waals surface area contributed by atoms with E-state index in [0.29, 0.717) is 0 Å². The van der Waals surface area contributed by atoms with Crippen LogP contribution < -0.4 is 5.32 Å². The molecule has 2 rings (SSSR count). The number of nitriles is 1. The van der Waals surface area contributed by atoms with Crippen molar-refractivity contribution in [2.24, 2.45) is 0 Å². The fraction of sp³-hybridized carbons (Fsp3) is 0.235. The molecular weight excluding hydrogens is 312 g/mol. The van der Waals surface area contributed by atoms with E-state index in [-0.39, 0.29) is 6.04 Å². The number of rotatable bonds is 3. The van der Waals surface area contributed by atoms with Gasteiger partial charge in [-0.2, -0.15) is 5.26 Å². The van der Waals surface area contributed by atoms with E-state index in [2.05, 4.69) is 60.2 Å². The van der Waals surface area contributed by atoms with Gasteiger partial charge in [0, 0.05) is 10.2 Å². The van der Waals surface area contributed by atoms with Crippen LogP contribution in [-0.2, 0) is 0 Å². The first-order valence-corrected chi connectivity index (χ1v) is 7.30. The van der Waals surface area contributed by atoms with Crippen LogP contribution in [0.25, 0.3) is 0 Å². The topological polar surface area (TPSA) is 35.8 Å². The SMILES string of the molecule is Cc1cc(C)c(C(C#N)Nc2ccc(Br)cc2)cc1C. The summed E-state index contributed by atoms with van der Waals surface area (Å²) >= 11 is 3.41. The van der Waals surface area contributed by atoms with Crippen LogP contribution in [0.4, 0.5) is 5.69 Å². The van der Waals surface area contributed by atoms with E-state index in [4.69, 9.17) is 0 Å². The van der Waals surface area contributed by atoms with E-state index in [1.807, 2.05) is 24.3 Å². The third kappa shape index (κ3) is 3.20. The summed E-state index contributed by atoms with van der Waals surface area (Å²) < 4.78 is 1.03. The largest absolute Gasteiger partial charge is 0.366 e. The molecule has 0 fully saturated rings. The van der Waals surface area contributed by atoms with Gasteiger partial charge < -0.3 is 5.32 Å². The zero-order valence-electron chi connectivity index (χ0n) is 11.9. The molecule has 20 heavy (non-hydrogen) atoms. The minimum absolute atomic E-state index is 0.338. The summed E-state index contributed by atoms with van der Waals surface area (Å²) in [6, 6.07) is 14.1. The van der Waals surface area contributed by atoms with Crippen molar-refractivity contribution in [2.45, 2.75) is 26.8 Å². The molecule has 1 atom stereocenters. The van der Waals surface area contributed by atoms with Gasteiger partial charge in [0.1, 0.15) is 6.04 Å². The van der Waals surface area contributed by atoms with Gasteiger partial charge >= 0.3 is 0 Å². The highest BCUT2D eigenvalue weighted by atomic mass is 79.9. The molecule has 2 aromatic rings. The molecule has 0 amide bonds. The summed E-state index contributed by atoms with van der Waals surface area (Å²) in [7, 11) is 0. The lowest BCUT2D eigenvalue weighted by molar-refractivity contribution is 0.974. The molecule has 0 aliphatic rings. The Kier molecular flexibility index (Phi) is 4.46. The lowest BCUT2D eigenvalue weighted by Crippen LogP contribution is -2.10. The molecule has 2 nitrogen and oxygen atoms in total. The highest BCUT2D eigenvalue weighted by Crippen LogP contribution is 2.25. The highest BCUT2D eigenvalue weighted by molar-refractivity contribution is 9.10. The maximum Gasteiger partial charge on any atom is 0.140 e. The van der Waals surface area contributed by atoms with Crippen molar-refractivity contribution in [3.05, 3.63) is 63.1 Å². The van der Waals surface area contributed by atoms with Crippen molar-refractivity contribution >= 4 is 21.6 Å². The molecule has 0 saturated heterocycles. The van der Waals surface area contributed by atoms with Crippen LogP contribution >= 0.6 is 15.9 Å². The standard InChI is InChI=1S/C17H17BrN2/c1-11-8-13(3)16(9-12(11)2)17(10-19)20-15-6-4-14(18)5-7-15/h4-9,17,20H,1-3H3. The first-order valence-electron chi connectivity index (χ1n) is 6.50. The van der Waals surface area contributed by atoms with Gasteiger partial charge in [-0.3, -0.25) is 0 Å². The van der Waals surface area contributed by atoms with Gasteiger partial charge in [-0.15, -0.1) is 0 Å². The van der Waals surface area contributed by atoms with E-state index in [1.54, 1.807) is 0 Å². The minimum Gasteiger partial charge on any atom is -0.366 e. The van der Waals surface area contributed by atoms with Crippen molar-refractivity contribution in [2.75, 3.05) is 5.32 Å². The smallest absolute Gasteiger partial charge is 0.140 e. The Morgan fingerprint density at radius 1 is 1.00 bits per heavy atom. The second-order valence-electron chi connectivity index (χ2n) is 5.01. The van der Waals surface area contributed by atoms with Crippen LogP contribution in [0.2, 0.25) is 0 Å². The summed E-state index contributed by atoms with van der Waals surface area (Å²) in [6.45, 7) is 6.22. The summed E-state index contributed by atoms with van der Waals surface area (Å²) in [5, 5.41) is 12.7. The molecule has 0 bridgehead atoms. The number of hydrogen-bond acceptors (Lipinski definition) is 2. The number of halogens is 1. The molecule has 102 valence electrons. The molecule has 0 radical (unpaired) electrons. The minimum atomic E-state index is -0.338. The van der Waals surface area contributed by atoms with Gasteiger partial charge in [-0.1, -0.05) is 28.1 Å². The average molecular weight is 329 g/mol. The van der Waals surface area contributed by atoms with E-state index in [1.165, 1.54) is 11.1 Å². The predicted octanol–water partition coefficient (Wildman–Crippen LogP) is 5.05. The van der Waals surface area contributed by atoms with Crippen LogP contribution in [-0.4, -0.2) is 0 Å². The molecule has 0 spiro atoms. The van der Waals surface area contributed by atoms with Gasteiger partial charge in [-0.05, 0) is 67.3 Å². The van der Waals surface area contributed by atoms with Crippen LogP contribution in [0.1, 0.15) is 28.3 Å². The third-order valence-electron chi connectivity index (χ3n) is 3.48. The number of hydrogen-bond donors (Lipinski definition) is 1. The van der Waals surface area contributed by atoms with Crippen LogP contribution in [0.3, 0.4) is 0 Å². The lowest BCUT2D eigenvalue weighted by Gasteiger charge is -2.17. The Bertz CT molecular complexity index is 654. The van der Waals surface area contributed by atoms with E-state index in [0.717, 1.165) is 21.3 Å². The summed E-state index contributed by atoms with van der Waals surface area (Å²) in [5.74, 6) is 0. The summed E-state index contributed by atoms with van der Waals surface area (Å²) in [4.78, 5) is 0. The van der Waals surface area contributed by atoms with Gasteiger partial charge in [-0.25, -0.2) is 0 Å². The van der Waals surface area contributed by atoms with E-state index >= 15 is 0 Å². The maximum atomic E-state index is 9.46. The van der Waals surface area contributed by atoms with Crippen molar-refractivity contribution in [1.82, 2.24) is 0 Å². The number of nitrogens with zero attached hydrogens (tertiary/aromatic N) is 1. The Hall–Kier alpha value is -1.79. The zero-order chi connectivity index (χ0) is 14.7. The average Bonchev–Trinajstić information content (AvgIpc) is 2.43. The second kappa shape index (κ2) is 6.11. The van der Waals surface area contributed by atoms with Crippen LogP contribution in [0.5, 0.6) is 0 Å². The summed E-state index contributed by atoms with van der Waals surface area (Å²) in [6.07, 6.45) is 0. The molecule has 1 unspecified atom stereocenters. The Balaban J connectivity index is 2.31. The molecular formula is C17H17BrN2. The first-order chi connectivity index (χ1) is 9.51. The second-order valence-corrected chi connectivity index (χ2v) is 5.92. The predicted molar refractivity (Wildman–Crippen MR) is 86.8 cm³/mol. The molecule has 0 saturated carbocycles. The van der Waals surface area contributed by atoms with E-state index in [9.17, 15) is 5.26 Å². The Morgan fingerprint density at radius 3 is 2.20 bits per heavy atom. The van der Waals surface area contributed by atoms with Crippen molar-refractivity contribution in [3.63, 3.8) is 0 Å². The molecule has 1 N–H and O–H groups in total. The monoisotopic (exact) mass is 328 g/mol. The molecule has 0 aliphatic heterocycles. The van der Waals surface area contributed by atoms with Gasteiger partial charge in [0.05, 0.1) is 6.07 Å². The molecule has 0 aliphatic carbocycles. The fourth-order valence-electron chi connectivity index (χ4n) is 2.19. The third-order valence-corrected chi connectivity index (χ3v) is 4.01. The van der Waals surface area contributed by atoms with Crippen LogP contribution in [0.15, 0.2) is 40.9 Å². The molecule has 3 heteroatoms. The van der Waals surface area contributed by atoms with Gasteiger partial charge in [0.2, 0.25) is 0 Å². The Morgan fingerprint density at radius 2 is 1.60 bits per heavy atom. The van der Waals surface area contributed by atoms with Crippen molar-refractivity contribution in [1.29, 1.82) is 5.26 Å². The van der Waals surface area contributed by atoms with Gasteiger partial charge in [0.15, 0.2) is 0 Å². The number of aryl methyl sites for hydroxylation is 3. The number of benzene rings is 2. The molecule has 0 heterocycles. The molecule has 0 aromatic heterocycles. The fourth-order valence-corrected chi connectivity index (χ4v) is 2.45. The first kappa shape index (κ1) is 14.6. The van der Waals surface area contributed by atoms with Gasteiger partial charge in [0.25, 0.3) is 0 Å². The quantitative estimate of drug-likeness (QED) is 0.855. The highest BCUT2D eigenvalue weighted by Gasteiger charge is 2.14. The van der Waals surface area contributed by atoms with E-state index < -0.39 is 0 Å². The number of anilines is 1. The van der Waals surface area contributed by atoms with Crippen molar-refractivity contribution < 1.29 is 0 Å². The maximum absolute atomic E-state index is 9.46. The van der Waals surface area contributed by atoms with Crippen molar-refractivity contribution in [3.8, 4) is 6.07 Å². The lowest BCUT2D eigenvalue weighted by atomic mass is 9.96. The normalized spacial score (nSPS) is 11.8. The number of nitrogens with one attached hydrogen (secondary N) is 1. The summed E-state index contributed by atoms with van der Waals surface area (Å²) in [5.41, 5.74) is 5.59. The van der Waals surface area contributed by atoms with Crippen LogP contribution in [0, 0.1) is 32.1 Å². The zero-order valence-corrected chi connectivity index (χ0v) is 13.5. The molecule has 2 aromatic carbocycles. The Labute approximate surface area is 128 Å².